The molecule has 0 atom stereocenters. The van der Waals surface area contributed by atoms with Crippen LogP contribution in [0.4, 0.5) is 5.69 Å². The minimum atomic E-state index is -0.389. The maximum atomic E-state index is 11.0. The van der Waals surface area contributed by atoms with E-state index in [1.807, 2.05) is 30.3 Å². The van der Waals surface area contributed by atoms with Crippen LogP contribution >= 0.6 is 11.6 Å². The number of aromatic nitrogens is 2. The number of nitrogens with one attached hydrogen (secondary N) is 1. The van der Waals surface area contributed by atoms with E-state index in [0.29, 0.717) is 5.02 Å². The van der Waals surface area contributed by atoms with Gasteiger partial charge in [-0.25, -0.2) is 0 Å². The summed E-state index contributed by atoms with van der Waals surface area (Å²) in [5.41, 5.74) is 3.49. The van der Waals surface area contributed by atoms with E-state index in [9.17, 15) is 10.1 Å². The number of pyridine rings is 1. The second-order valence-electron chi connectivity index (χ2n) is 5.20. The van der Waals surface area contributed by atoms with Crippen molar-refractivity contribution in [3.8, 4) is 11.3 Å². The number of hydrogen-bond donors (Lipinski definition) is 1. The van der Waals surface area contributed by atoms with Crippen LogP contribution in [0.15, 0.2) is 54.7 Å². The third-order valence-electron chi connectivity index (χ3n) is 3.83. The first kappa shape index (κ1) is 13.7. The SMILES string of the molecule is O=[N+]([O-])c1ccc2[nH]c3c(-c4ccc(Cl)cc4)nccc3c2c1. The molecule has 4 aromatic rings. The Hall–Kier alpha value is -2.92. The van der Waals surface area contributed by atoms with Crippen molar-refractivity contribution in [1.29, 1.82) is 0 Å². The Morgan fingerprint density at radius 1 is 1.04 bits per heavy atom. The number of halogens is 1. The molecule has 6 heteroatoms. The molecule has 0 aliphatic carbocycles. The number of nitro benzene ring substituents is 1. The lowest BCUT2D eigenvalue weighted by Gasteiger charge is -2.02. The average Bonchev–Trinajstić information content (AvgIpc) is 2.93. The van der Waals surface area contributed by atoms with E-state index >= 15 is 0 Å². The number of benzene rings is 2. The van der Waals surface area contributed by atoms with E-state index in [1.54, 1.807) is 18.3 Å². The predicted octanol–water partition coefficient (Wildman–Crippen LogP) is 4.94. The van der Waals surface area contributed by atoms with Gasteiger partial charge in [-0.2, -0.15) is 0 Å². The molecule has 0 fully saturated rings. The van der Waals surface area contributed by atoms with Crippen LogP contribution in [0.3, 0.4) is 0 Å². The van der Waals surface area contributed by atoms with Crippen molar-refractivity contribution in [2.24, 2.45) is 0 Å². The zero-order chi connectivity index (χ0) is 16.0. The summed E-state index contributed by atoms with van der Waals surface area (Å²) in [7, 11) is 0. The van der Waals surface area contributed by atoms with Crippen molar-refractivity contribution in [1.82, 2.24) is 9.97 Å². The van der Waals surface area contributed by atoms with E-state index < -0.39 is 0 Å². The summed E-state index contributed by atoms with van der Waals surface area (Å²) in [5.74, 6) is 0. The fourth-order valence-electron chi connectivity index (χ4n) is 2.75. The number of H-pyrrole nitrogens is 1. The first-order valence-corrected chi connectivity index (χ1v) is 7.32. The number of nitro groups is 1. The van der Waals surface area contributed by atoms with E-state index in [2.05, 4.69) is 9.97 Å². The lowest BCUT2D eigenvalue weighted by atomic mass is 10.1. The minimum Gasteiger partial charge on any atom is -0.353 e. The van der Waals surface area contributed by atoms with Gasteiger partial charge in [0.05, 0.1) is 16.1 Å². The summed E-state index contributed by atoms with van der Waals surface area (Å²) < 4.78 is 0. The molecular weight excluding hydrogens is 314 g/mol. The van der Waals surface area contributed by atoms with Crippen molar-refractivity contribution >= 4 is 39.1 Å². The lowest BCUT2D eigenvalue weighted by molar-refractivity contribution is -0.384. The quantitative estimate of drug-likeness (QED) is 0.419. The number of nitrogens with zero attached hydrogens (tertiary/aromatic N) is 2. The number of hydrogen-bond acceptors (Lipinski definition) is 3. The molecule has 2 aromatic heterocycles. The zero-order valence-corrected chi connectivity index (χ0v) is 12.5. The Balaban J connectivity index is 2.02. The van der Waals surface area contributed by atoms with E-state index in [-0.39, 0.29) is 10.6 Å². The molecule has 0 radical (unpaired) electrons. The fourth-order valence-corrected chi connectivity index (χ4v) is 2.88. The Labute approximate surface area is 135 Å². The van der Waals surface area contributed by atoms with Crippen LogP contribution in [0.1, 0.15) is 0 Å². The second-order valence-corrected chi connectivity index (χ2v) is 5.64. The third kappa shape index (κ3) is 2.22. The van der Waals surface area contributed by atoms with Crippen LogP contribution in [-0.4, -0.2) is 14.9 Å². The van der Waals surface area contributed by atoms with Crippen molar-refractivity contribution in [2.75, 3.05) is 0 Å². The third-order valence-corrected chi connectivity index (χ3v) is 4.08. The monoisotopic (exact) mass is 323 g/mol. The summed E-state index contributed by atoms with van der Waals surface area (Å²) in [4.78, 5) is 18.4. The first-order chi connectivity index (χ1) is 11.1. The largest absolute Gasteiger partial charge is 0.353 e. The molecule has 4 rings (SSSR count). The van der Waals surface area contributed by atoms with Gasteiger partial charge in [-0.3, -0.25) is 15.1 Å². The van der Waals surface area contributed by atoms with Crippen LogP contribution in [0.2, 0.25) is 5.02 Å². The molecule has 0 bridgehead atoms. The Kier molecular flexibility index (Phi) is 3.02. The Morgan fingerprint density at radius 2 is 1.83 bits per heavy atom. The summed E-state index contributed by atoms with van der Waals surface area (Å²) in [6.45, 7) is 0. The van der Waals surface area contributed by atoms with Gasteiger partial charge in [-0.05, 0) is 24.3 Å². The standard InChI is InChI=1S/C17H10ClN3O2/c18-11-3-1-10(2-4-11)16-17-13(7-8-19-16)14-9-12(21(22)23)5-6-15(14)20-17/h1-9,20H. The molecule has 1 N–H and O–H groups in total. The number of fused-ring (bicyclic) bond motifs is 3. The number of rotatable bonds is 2. The molecule has 0 spiro atoms. The molecule has 5 nitrogen and oxygen atoms in total. The normalized spacial score (nSPS) is 11.2. The summed E-state index contributed by atoms with van der Waals surface area (Å²) in [6.07, 6.45) is 1.71. The van der Waals surface area contributed by atoms with Crippen molar-refractivity contribution in [2.45, 2.75) is 0 Å². The predicted molar refractivity (Wildman–Crippen MR) is 90.7 cm³/mol. The maximum Gasteiger partial charge on any atom is 0.270 e. The minimum absolute atomic E-state index is 0.0725. The molecule has 2 heterocycles. The molecule has 0 aliphatic heterocycles. The van der Waals surface area contributed by atoms with Crippen LogP contribution in [0.5, 0.6) is 0 Å². The molecule has 112 valence electrons. The highest BCUT2D eigenvalue weighted by Gasteiger charge is 2.14. The maximum absolute atomic E-state index is 11.0. The summed E-state index contributed by atoms with van der Waals surface area (Å²) >= 11 is 5.94. The second kappa shape index (κ2) is 5.07. The fraction of sp³-hybridized carbons (Fsp3) is 0. The van der Waals surface area contributed by atoms with Gasteiger partial charge in [0.2, 0.25) is 0 Å². The molecule has 2 aromatic carbocycles. The summed E-state index contributed by atoms with van der Waals surface area (Å²) in [6, 6.07) is 14.1. The van der Waals surface area contributed by atoms with E-state index in [0.717, 1.165) is 33.1 Å². The first-order valence-electron chi connectivity index (χ1n) is 6.94. The smallest absolute Gasteiger partial charge is 0.270 e. The molecule has 23 heavy (non-hydrogen) atoms. The summed E-state index contributed by atoms with van der Waals surface area (Å²) in [5, 5.41) is 13.4. The average molecular weight is 324 g/mol. The van der Waals surface area contributed by atoms with Crippen molar-refractivity contribution in [3.05, 3.63) is 69.9 Å². The van der Waals surface area contributed by atoms with Gasteiger partial charge in [0.25, 0.3) is 5.69 Å². The molecule has 0 aliphatic rings. The van der Waals surface area contributed by atoms with E-state index in [1.165, 1.54) is 6.07 Å². The number of aromatic amines is 1. The van der Waals surface area contributed by atoms with Gasteiger partial charge in [0.1, 0.15) is 0 Å². The highest BCUT2D eigenvalue weighted by atomic mass is 35.5. The van der Waals surface area contributed by atoms with Crippen LogP contribution in [-0.2, 0) is 0 Å². The van der Waals surface area contributed by atoms with Crippen molar-refractivity contribution < 1.29 is 4.92 Å². The van der Waals surface area contributed by atoms with Gasteiger partial charge < -0.3 is 4.98 Å². The molecule has 0 saturated heterocycles. The van der Waals surface area contributed by atoms with Gasteiger partial charge >= 0.3 is 0 Å². The van der Waals surface area contributed by atoms with Crippen LogP contribution in [0.25, 0.3) is 33.1 Å². The van der Waals surface area contributed by atoms with Crippen LogP contribution < -0.4 is 0 Å². The topological polar surface area (TPSA) is 71.8 Å². The van der Waals surface area contributed by atoms with Crippen molar-refractivity contribution in [3.63, 3.8) is 0 Å². The molecule has 0 saturated carbocycles. The molecule has 0 unspecified atom stereocenters. The lowest BCUT2D eigenvalue weighted by Crippen LogP contribution is -1.86. The highest BCUT2D eigenvalue weighted by Crippen LogP contribution is 2.33. The molecular formula is C17H10ClN3O2. The van der Waals surface area contributed by atoms with Gasteiger partial charge in [-0.15, -0.1) is 0 Å². The highest BCUT2D eigenvalue weighted by molar-refractivity contribution is 6.30. The van der Waals surface area contributed by atoms with Gasteiger partial charge in [0.15, 0.2) is 0 Å². The van der Waals surface area contributed by atoms with Gasteiger partial charge in [-0.1, -0.05) is 23.7 Å². The number of non-ortho nitro benzene ring substituents is 1. The van der Waals surface area contributed by atoms with E-state index in [4.69, 9.17) is 11.6 Å². The van der Waals surface area contributed by atoms with Crippen LogP contribution in [0, 0.1) is 10.1 Å². The Morgan fingerprint density at radius 3 is 2.57 bits per heavy atom. The van der Waals surface area contributed by atoms with Gasteiger partial charge in [0, 0.05) is 45.2 Å². The Bertz CT molecular complexity index is 1050. The molecule has 0 amide bonds. The zero-order valence-electron chi connectivity index (χ0n) is 11.8.